The van der Waals surface area contributed by atoms with Crippen LogP contribution in [0.3, 0.4) is 0 Å². The van der Waals surface area contributed by atoms with Gasteiger partial charge in [-0.25, -0.2) is 0 Å². The summed E-state index contributed by atoms with van der Waals surface area (Å²) in [4.78, 5) is 12.2. The number of amides is 1. The van der Waals surface area contributed by atoms with Gasteiger partial charge in [-0.15, -0.1) is 0 Å². The molecule has 0 aliphatic heterocycles. The van der Waals surface area contributed by atoms with Crippen LogP contribution in [-0.4, -0.2) is 5.91 Å². The maximum Gasteiger partial charge on any atom is 0.416 e. The van der Waals surface area contributed by atoms with Gasteiger partial charge in [0.05, 0.1) is 11.1 Å². The third-order valence-electron chi connectivity index (χ3n) is 2.93. The maximum atomic E-state index is 12.7. The van der Waals surface area contributed by atoms with Gasteiger partial charge in [-0.1, -0.05) is 18.2 Å². The van der Waals surface area contributed by atoms with Crippen molar-refractivity contribution in [2.24, 2.45) is 0 Å². The lowest BCUT2D eigenvalue weighted by Crippen LogP contribution is -2.15. The number of benzene rings is 2. The summed E-state index contributed by atoms with van der Waals surface area (Å²) >= 11 is 3.10. The van der Waals surface area contributed by atoms with Crippen LogP contribution in [0.25, 0.3) is 0 Å². The summed E-state index contributed by atoms with van der Waals surface area (Å²) in [5.41, 5.74) is 0.467. The lowest BCUT2D eigenvalue weighted by Gasteiger charge is -2.12. The Kier molecular flexibility index (Phi) is 4.37. The Balaban J connectivity index is 2.33. The molecule has 0 saturated heterocycles. The molecule has 2 nitrogen and oxygen atoms in total. The molecular weight excluding hydrogens is 347 g/mol. The molecule has 0 bridgehead atoms. The van der Waals surface area contributed by atoms with Gasteiger partial charge in [0.15, 0.2) is 0 Å². The molecule has 2 rings (SSSR count). The minimum Gasteiger partial charge on any atom is -0.322 e. The van der Waals surface area contributed by atoms with Gasteiger partial charge in [-0.2, -0.15) is 13.2 Å². The summed E-state index contributed by atoms with van der Waals surface area (Å²) in [5.74, 6) is -0.595. The van der Waals surface area contributed by atoms with E-state index in [1.54, 1.807) is 25.1 Å². The molecule has 0 aliphatic rings. The first-order valence-electron chi connectivity index (χ1n) is 6.03. The van der Waals surface area contributed by atoms with Crippen molar-refractivity contribution in [3.8, 4) is 0 Å². The van der Waals surface area contributed by atoms with Crippen molar-refractivity contribution in [3.63, 3.8) is 0 Å². The third kappa shape index (κ3) is 3.64. The fraction of sp³-hybridized carbons (Fsp3) is 0.133. The highest BCUT2D eigenvalue weighted by Gasteiger charge is 2.31. The summed E-state index contributed by atoms with van der Waals surface area (Å²) in [6.07, 6.45) is -4.49. The van der Waals surface area contributed by atoms with Crippen molar-refractivity contribution in [3.05, 3.63) is 63.6 Å². The van der Waals surface area contributed by atoms with Gasteiger partial charge in [-0.3, -0.25) is 4.79 Å². The molecule has 0 aromatic heterocycles. The zero-order valence-electron chi connectivity index (χ0n) is 11.0. The Hall–Kier alpha value is -1.82. The van der Waals surface area contributed by atoms with E-state index in [1.807, 2.05) is 6.07 Å². The Labute approximate surface area is 128 Å². The lowest BCUT2D eigenvalue weighted by atomic mass is 10.1. The molecule has 0 fully saturated rings. The van der Waals surface area contributed by atoms with E-state index < -0.39 is 17.6 Å². The van der Waals surface area contributed by atoms with Gasteiger partial charge in [0.1, 0.15) is 0 Å². The fourth-order valence-corrected chi connectivity index (χ4v) is 2.21. The summed E-state index contributed by atoms with van der Waals surface area (Å²) in [6.45, 7) is 1.80. The molecule has 1 amide bonds. The molecule has 6 heteroatoms. The van der Waals surface area contributed by atoms with Crippen molar-refractivity contribution in [1.29, 1.82) is 0 Å². The highest BCUT2D eigenvalue weighted by atomic mass is 79.9. The van der Waals surface area contributed by atoms with Crippen LogP contribution in [0.15, 0.2) is 46.9 Å². The van der Waals surface area contributed by atoms with Gasteiger partial charge >= 0.3 is 6.18 Å². The molecule has 1 N–H and O–H groups in total. The average Bonchev–Trinajstić information content (AvgIpc) is 2.40. The van der Waals surface area contributed by atoms with Gasteiger partial charge in [0, 0.05) is 10.2 Å². The molecule has 0 atom stereocenters. The third-order valence-corrected chi connectivity index (χ3v) is 3.62. The predicted octanol–water partition coefficient (Wildman–Crippen LogP) is 5.03. The van der Waals surface area contributed by atoms with Crippen LogP contribution in [0.2, 0.25) is 0 Å². The quantitative estimate of drug-likeness (QED) is 0.802. The molecule has 21 heavy (non-hydrogen) atoms. The SMILES string of the molecule is Cc1ccccc1NC(=O)c1cc(C(F)(F)F)ccc1Br. The second kappa shape index (κ2) is 5.89. The van der Waals surface area contributed by atoms with Crippen molar-refractivity contribution in [2.45, 2.75) is 13.1 Å². The first-order valence-corrected chi connectivity index (χ1v) is 6.82. The number of hydrogen-bond acceptors (Lipinski definition) is 1. The van der Waals surface area contributed by atoms with Crippen LogP contribution in [0, 0.1) is 6.92 Å². The van der Waals surface area contributed by atoms with Gasteiger partial charge in [0.2, 0.25) is 0 Å². The first-order chi connectivity index (χ1) is 9.79. The summed E-state index contributed by atoms with van der Waals surface area (Å²) < 4.78 is 38.4. The lowest BCUT2D eigenvalue weighted by molar-refractivity contribution is -0.137. The number of alkyl halides is 3. The Morgan fingerprint density at radius 3 is 2.43 bits per heavy atom. The molecule has 0 heterocycles. The summed E-state index contributed by atoms with van der Waals surface area (Å²) in [6, 6.07) is 10.0. The number of para-hydroxylation sites is 1. The zero-order chi connectivity index (χ0) is 15.6. The smallest absolute Gasteiger partial charge is 0.322 e. The molecule has 0 radical (unpaired) electrons. The molecular formula is C15H11BrF3NO. The molecule has 2 aromatic carbocycles. The van der Waals surface area contributed by atoms with Crippen molar-refractivity contribution in [2.75, 3.05) is 5.32 Å². The molecule has 2 aromatic rings. The van der Waals surface area contributed by atoms with E-state index in [4.69, 9.17) is 0 Å². The monoisotopic (exact) mass is 357 g/mol. The standard InChI is InChI=1S/C15H11BrF3NO/c1-9-4-2-3-5-13(9)20-14(21)11-8-10(15(17,18)19)6-7-12(11)16/h2-8H,1H3,(H,20,21). The van der Waals surface area contributed by atoms with Crippen molar-refractivity contribution in [1.82, 2.24) is 0 Å². The topological polar surface area (TPSA) is 29.1 Å². The number of rotatable bonds is 2. The second-order valence-electron chi connectivity index (χ2n) is 4.46. The molecule has 0 unspecified atom stereocenters. The normalized spacial score (nSPS) is 11.3. The number of carbonyl (C=O) groups is 1. The number of halogens is 4. The second-order valence-corrected chi connectivity index (χ2v) is 5.32. The van der Waals surface area contributed by atoms with E-state index in [2.05, 4.69) is 21.2 Å². The van der Waals surface area contributed by atoms with E-state index >= 15 is 0 Å². The first kappa shape index (κ1) is 15.6. The molecule has 110 valence electrons. The van der Waals surface area contributed by atoms with Crippen LogP contribution in [-0.2, 0) is 6.18 Å². The van der Waals surface area contributed by atoms with Crippen LogP contribution in [0.1, 0.15) is 21.5 Å². The van der Waals surface area contributed by atoms with E-state index in [0.717, 1.165) is 17.7 Å². The predicted molar refractivity (Wildman–Crippen MR) is 78.3 cm³/mol. The summed E-state index contributed by atoms with van der Waals surface area (Å²) in [5, 5.41) is 2.61. The van der Waals surface area contributed by atoms with Gasteiger partial charge in [0.25, 0.3) is 5.91 Å². The number of carbonyl (C=O) groups excluding carboxylic acids is 1. The number of aryl methyl sites for hydroxylation is 1. The Morgan fingerprint density at radius 2 is 1.81 bits per heavy atom. The Bertz CT molecular complexity index is 683. The summed E-state index contributed by atoms with van der Waals surface area (Å²) in [7, 11) is 0. The number of anilines is 1. The minimum atomic E-state index is -4.49. The van der Waals surface area contributed by atoms with Gasteiger partial charge < -0.3 is 5.32 Å². The molecule has 0 saturated carbocycles. The van der Waals surface area contributed by atoms with Crippen LogP contribution in [0.5, 0.6) is 0 Å². The van der Waals surface area contributed by atoms with E-state index in [9.17, 15) is 18.0 Å². The van der Waals surface area contributed by atoms with E-state index in [-0.39, 0.29) is 5.56 Å². The molecule has 0 spiro atoms. The van der Waals surface area contributed by atoms with Crippen LogP contribution < -0.4 is 5.32 Å². The van der Waals surface area contributed by atoms with Crippen LogP contribution >= 0.6 is 15.9 Å². The van der Waals surface area contributed by atoms with Crippen molar-refractivity contribution >= 4 is 27.5 Å². The Morgan fingerprint density at radius 1 is 1.14 bits per heavy atom. The maximum absolute atomic E-state index is 12.7. The highest BCUT2D eigenvalue weighted by molar-refractivity contribution is 9.10. The molecule has 0 aliphatic carbocycles. The van der Waals surface area contributed by atoms with Crippen molar-refractivity contribution < 1.29 is 18.0 Å². The largest absolute Gasteiger partial charge is 0.416 e. The minimum absolute atomic E-state index is 0.0620. The van der Waals surface area contributed by atoms with Crippen LogP contribution in [0.4, 0.5) is 18.9 Å². The van der Waals surface area contributed by atoms with E-state index in [0.29, 0.717) is 10.2 Å². The number of nitrogens with one attached hydrogen (secondary N) is 1. The number of hydrogen-bond donors (Lipinski definition) is 1. The van der Waals surface area contributed by atoms with E-state index in [1.165, 1.54) is 6.07 Å². The zero-order valence-corrected chi connectivity index (χ0v) is 12.5. The van der Waals surface area contributed by atoms with Gasteiger partial charge in [-0.05, 0) is 52.7 Å². The fourth-order valence-electron chi connectivity index (χ4n) is 1.78. The average molecular weight is 358 g/mol. The highest BCUT2D eigenvalue weighted by Crippen LogP contribution is 2.32.